The van der Waals surface area contributed by atoms with Crippen LogP contribution in [0.2, 0.25) is 0 Å². The molecule has 0 saturated carbocycles. The van der Waals surface area contributed by atoms with E-state index in [1.165, 1.54) is 0 Å². The van der Waals surface area contributed by atoms with Crippen LogP contribution in [0, 0.1) is 0 Å². The Bertz CT molecular complexity index is 421. The molecule has 0 spiro atoms. The second-order valence-corrected chi connectivity index (χ2v) is 5.04. The smallest absolute Gasteiger partial charge is 0.236 e. The van der Waals surface area contributed by atoms with Gasteiger partial charge < -0.3 is 15.4 Å². The highest BCUT2D eigenvalue weighted by molar-refractivity contribution is 5.77. The molecule has 2 N–H and O–H groups in total. The average Bonchev–Trinajstić information content (AvgIpc) is 2.43. The summed E-state index contributed by atoms with van der Waals surface area (Å²) in [6.07, 6.45) is 0.871. The van der Waals surface area contributed by atoms with Crippen LogP contribution in [0.4, 0.5) is 0 Å². The number of nitrogens with zero attached hydrogens (tertiary/aromatic N) is 2. The van der Waals surface area contributed by atoms with E-state index >= 15 is 0 Å². The highest BCUT2D eigenvalue weighted by Gasteiger charge is 2.08. The number of ether oxygens (including phenoxy) is 1. The van der Waals surface area contributed by atoms with E-state index in [-0.39, 0.29) is 5.91 Å². The quantitative estimate of drug-likeness (QED) is 0.719. The zero-order chi connectivity index (χ0) is 15.0. The first-order valence-corrected chi connectivity index (χ1v) is 6.84. The van der Waals surface area contributed by atoms with Crippen molar-refractivity contribution in [2.75, 3.05) is 40.8 Å². The van der Waals surface area contributed by atoms with Gasteiger partial charge >= 0.3 is 0 Å². The van der Waals surface area contributed by atoms with Gasteiger partial charge in [-0.25, -0.2) is 0 Å². The Hall–Kier alpha value is -1.59. The topological polar surface area (TPSA) is 58.8 Å². The fraction of sp³-hybridized carbons (Fsp3) is 0.533. The normalized spacial score (nSPS) is 10.7. The van der Waals surface area contributed by atoms with E-state index in [4.69, 9.17) is 10.5 Å². The number of likely N-dealkylation sites (N-methyl/N-ethyl adjacent to an activating group) is 2. The van der Waals surface area contributed by atoms with Gasteiger partial charge in [0.2, 0.25) is 5.91 Å². The van der Waals surface area contributed by atoms with Crippen molar-refractivity contribution in [3.05, 3.63) is 29.8 Å². The zero-order valence-corrected chi connectivity index (χ0v) is 12.6. The Morgan fingerprint density at radius 3 is 2.60 bits per heavy atom. The fourth-order valence-corrected chi connectivity index (χ4v) is 1.78. The third kappa shape index (κ3) is 5.59. The third-order valence-corrected chi connectivity index (χ3v) is 3.04. The Morgan fingerprint density at radius 2 is 1.95 bits per heavy atom. The molecule has 1 rings (SSSR count). The molecule has 0 aliphatic heterocycles. The lowest BCUT2D eigenvalue weighted by Crippen LogP contribution is -2.35. The van der Waals surface area contributed by atoms with Crippen molar-refractivity contribution in [3.8, 4) is 5.75 Å². The molecule has 1 aromatic carbocycles. The molecule has 1 amide bonds. The molecular formula is C15H25N3O2. The highest BCUT2D eigenvalue weighted by atomic mass is 16.5. The van der Waals surface area contributed by atoms with Crippen LogP contribution < -0.4 is 10.5 Å². The van der Waals surface area contributed by atoms with Crippen molar-refractivity contribution in [1.82, 2.24) is 9.80 Å². The maximum Gasteiger partial charge on any atom is 0.236 e. The minimum atomic E-state index is 0.113. The number of nitrogens with two attached hydrogens (primary N) is 1. The predicted octanol–water partition coefficient (Wildman–Crippen LogP) is 0.934. The Kier molecular flexibility index (Phi) is 7.04. The Balaban J connectivity index is 2.26. The number of para-hydroxylation sites is 1. The van der Waals surface area contributed by atoms with Crippen molar-refractivity contribution in [3.63, 3.8) is 0 Å². The van der Waals surface area contributed by atoms with Gasteiger partial charge in [-0.3, -0.25) is 9.69 Å². The van der Waals surface area contributed by atoms with Gasteiger partial charge in [-0.1, -0.05) is 18.2 Å². The van der Waals surface area contributed by atoms with E-state index in [0.717, 1.165) is 24.3 Å². The van der Waals surface area contributed by atoms with Crippen LogP contribution >= 0.6 is 0 Å². The average molecular weight is 279 g/mol. The van der Waals surface area contributed by atoms with E-state index < -0.39 is 0 Å². The van der Waals surface area contributed by atoms with Crippen LogP contribution in [0.1, 0.15) is 12.0 Å². The molecule has 5 nitrogen and oxygen atoms in total. The van der Waals surface area contributed by atoms with Crippen LogP contribution in [-0.4, -0.2) is 56.5 Å². The molecule has 5 heteroatoms. The van der Waals surface area contributed by atoms with Gasteiger partial charge in [0.1, 0.15) is 5.75 Å². The third-order valence-electron chi connectivity index (χ3n) is 3.04. The Labute approximate surface area is 121 Å². The molecule has 1 aromatic rings. The summed E-state index contributed by atoms with van der Waals surface area (Å²) in [6.45, 7) is 2.36. The molecule has 0 atom stereocenters. The molecular weight excluding hydrogens is 254 g/mol. The summed E-state index contributed by atoms with van der Waals surface area (Å²) >= 11 is 0. The number of hydrogen-bond acceptors (Lipinski definition) is 4. The predicted molar refractivity (Wildman–Crippen MR) is 80.6 cm³/mol. The Morgan fingerprint density at radius 1 is 1.25 bits per heavy atom. The van der Waals surface area contributed by atoms with Crippen LogP contribution in [0.5, 0.6) is 5.75 Å². The number of carbonyl (C=O) groups excluding carboxylic acids is 1. The molecule has 0 aromatic heterocycles. The largest absolute Gasteiger partial charge is 0.493 e. The maximum atomic E-state index is 11.5. The van der Waals surface area contributed by atoms with E-state index in [2.05, 4.69) is 0 Å². The van der Waals surface area contributed by atoms with Gasteiger partial charge in [-0.2, -0.15) is 0 Å². The molecule has 0 bridgehead atoms. The minimum Gasteiger partial charge on any atom is -0.493 e. The monoisotopic (exact) mass is 279 g/mol. The lowest BCUT2D eigenvalue weighted by Gasteiger charge is -2.19. The number of rotatable bonds is 8. The molecule has 0 radical (unpaired) electrons. The van der Waals surface area contributed by atoms with Gasteiger partial charge in [0.15, 0.2) is 0 Å². The van der Waals surface area contributed by atoms with Crippen molar-refractivity contribution in [2.24, 2.45) is 5.73 Å². The molecule has 112 valence electrons. The molecule has 0 unspecified atom stereocenters. The first kappa shape index (κ1) is 16.5. The zero-order valence-electron chi connectivity index (χ0n) is 12.6. The molecule has 0 heterocycles. The van der Waals surface area contributed by atoms with Crippen LogP contribution in [0.3, 0.4) is 0 Å². The molecule has 0 fully saturated rings. The van der Waals surface area contributed by atoms with E-state index in [9.17, 15) is 4.79 Å². The van der Waals surface area contributed by atoms with Crippen LogP contribution in [-0.2, 0) is 11.3 Å². The second-order valence-electron chi connectivity index (χ2n) is 5.04. The summed E-state index contributed by atoms with van der Waals surface area (Å²) in [7, 11) is 5.47. The summed E-state index contributed by atoms with van der Waals surface area (Å²) in [5.41, 5.74) is 6.67. The molecule has 0 aliphatic carbocycles. The van der Waals surface area contributed by atoms with Crippen molar-refractivity contribution in [2.45, 2.75) is 13.0 Å². The molecule has 0 aliphatic rings. The van der Waals surface area contributed by atoms with E-state index in [1.807, 2.05) is 36.2 Å². The van der Waals surface area contributed by atoms with Crippen LogP contribution in [0.25, 0.3) is 0 Å². The lowest BCUT2D eigenvalue weighted by atomic mass is 10.2. The van der Waals surface area contributed by atoms with Gasteiger partial charge in [0.25, 0.3) is 0 Å². The SMILES string of the molecule is CN(CCCOc1ccccc1CN)CC(=O)N(C)C. The maximum absolute atomic E-state index is 11.5. The number of hydrogen-bond donors (Lipinski definition) is 1. The number of benzene rings is 1. The number of amides is 1. The molecule has 20 heavy (non-hydrogen) atoms. The van der Waals surface area contributed by atoms with E-state index in [1.54, 1.807) is 19.0 Å². The van der Waals surface area contributed by atoms with Crippen molar-refractivity contribution in [1.29, 1.82) is 0 Å². The summed E-state index contributed by atoms with van der Waals surface area (Å²) in [4.78, 5) is 15.1. The number of carbonyl (C=O) groups is 1. The van der Waals surface area contributed by atoms with Gasteiger partial charge in [-0.05, 0) is 19.5 Å². The minimum absolute atomic E-state index is 0.113. The highest BCUT2D eigenvalue weighted by Crippen LogP contribution is 2.17. The molecule has 0 saturated heterocycles. The lowest BCUT2D eigenvalue weighted by molar-refractivity contribution is -0.129. The first-order valence-electron chi connectivity index (χ1n) is 6.84. The summed E-state index contributed by atoms with van der Waals surface area (Å²) < 4.78 is 5.73. The van der Waals surface area contributed by atoms with Crippen molar-refractivity contribution >= 4 is 5.91 Å². The summed E-state index contributed by atoms with van der Waals surface area (Å²) in [6, 6.07) is 7.80. The second kappa shape index (κ2) is 8.55. The van der Waals surface area contributed by atoms with Gasteiger partial charge in [0, 0.05) is 32.7 Å². The van der Waals surface area contributed by atoms with Crippen molar-refractivity contribution < 1.29 is 9.53 Å². The fourth-order valence-electron chi connectivity index (χ4n) is 1.78. The van der Waals surface area contributed by atoms with E-state index in [0.29, 0.717) is 19.7 Å². The standard InChI is InChI=1S/C15H25N3O2/c1-17(2)15(19)12-18(3)9-6-10-20-14-8-5-4-7-13(14)11-16/h4-5,7-8H,6,9-12,16H2,1-3H3. The van der Waals surface area contributed by atoms with Gasteiger partial charge in [0.05, 0.1) is 13.2 Å². The van der Waals surface area contributed by atoms with Crippen LogP contribution in [0.15, 0.2) is 24.3 Å². The first-order chi connectivity index (χ1) is 9.54. The summed E-state index contributed by atoms with van der Waals surface area (Å²) in [5.74, 6) is 0.962. The summed E-state index contributed by atoms with van der Waals surface area (Å²) in [5, 5.41) is 0. The van der Waals surface area contributed by atoms with Gasteiger partial charge in [-0.15, -0.1) is 0 Å².